The summed E-state index contributed by atoms with van der Waals surface area (Å²) in [5.41, 5.74) is -1.37. The van der Waals surface area contributed by atoms with E-state index in [-0.39, 0.29) is 17.5 Å². The fraction of sp³-hybridized carbons (Fsp3) is 0.533. The summed E-state index contributed by atoms with van der Waals surface area (Å²) in [7, 11) is 0. The molecule has 1 aliphatic rings. The van der Waals surface area contributed by atoms with Gasteiger partial charge in [-0.1, -0.05) is 0 Å². The van der Waals surface area contributed by atoms with Gasteiger partial charge in [-0.25, -0.2) is 9.50 Å². The predicted molar refractivity (Wildman–Crippen MR) is 79.5 cm³/mol. The van der Waals surface area contributed by atoms with Gasteiger partial charge < -0.3 is 9.64 Å². The number of nitrogens with zero attached hydrogens (tertiary/aromatic N) is 4. The zero-order chi connectivity index (χ0) is 17.7. The number of carbonyl (C=O) groups excluding carboxylic acids is 1. The Hall–Kier alpha value is -2.32. The van der Waals surface area contributed by atoms with E-state index in [0.717, 1.165) is 10.7 Å². The molecule has 0 bridgehead atoms. The summed E-state index contributed by atoms with van der Waals surface area (Å²) in [5, 5.41) is 4.00. The van der Waals surface area contributed by atoms with Gasteiger partial charge in [0.2, 0.25) is 0 Å². The highest BCUT2D eigenvalue weighted by atomic mass is 19.4. The molecule has 0 unspecified atom stereocenters. The number of anilines is 1. The van der Waals surface area contributed by atoms with Crippen molar-refractivity contribution in [3.05, 3.63) is 24.0 Å². The Labute approximate surface area is 136 Å². The van der Waals surface area contributed by atoms with Crippen molar-refractivity contribution in [3.63, 3.8) is 0 Å². The van der Waals surface area contributed by atoms with Crippen molar-refractivity contribution in [1.82, 2.24) is 14.6 Å². The Balaban J connectivity index is 1.74. The predicted octanol–water partition coefficient (Wildman–Crippen LogP) is 2.53. The zero-order valence-corrected chi connectivity index (χ0v) is 13.5. The first-order valence-electron chi connectivity index (χ1n) is 7.44. The van der Waals surface area contributed by atoms with E-state index in [1.54, 1.807) is 31.7 Å². The molecule has 9 heteroatoms. The largest absolute Gasteiger partial charge is 0.460 e. The second-order valence-corrected chi connectivity index (χ2v) is 6.74. The Morgan fingerprint density at radius 2 is 1.92 bits per heavy atom. The quantitative estimate of drug-likeness (QED) is 0.785. The number of fused-ring (bicyclic) bond motifs is 1. The van der Waals surface area contributed by atoms with Crippen molar-refractivity contribution in [2.75, 3.05) is 18.0 Å². The van der Waals surface area contributed by atoms with Gasteiger partial charge in [-0.05, 0) is 32.9 Å². The maximum Gasteiger partial charge on any atom is 0.435 e. The minimum Gasteiger partial charge on any atom is -0.460 e. The minimum atomic E-state index is -4.53. The lowest BCUT2D eigenvalue weighted by Gasteiger charge is -2.39. The number of alkyl halides is 3. The summed E-state index contributed by atoms with van der Waals surface area (Å²) in [6.07, 6.45) is -3.77. The minimum absolute atomic E-state index is 0.121. The zero-order valence-electron chi connectivity index (χ0n) is 13.5. The third-order valence-electron chi connectivity index (χ3n) is 3.58. The van der Waals surface area contributed by atoms with Gasteiger partial charge in [-0.3, -0.25) is 4.79 Å². The molecule has 2 aromatic rings. The number of imidazole rings is 1. The molecular formula is C15H17F3N4O2. The highest BCUT2D eigenvalue weighted by molar-refractivity contribution is 5.76. The number of halogens is 3. The van der Waals surface area contributed by atoms with Crippen LogP contribution in [-0.2, 0) is 15.7 Å². The number of aromatic nitrogens is 3. The van der Waals surface area contributed by atoms with E-state index in [2.05, 4.69) is 10.1 Å². The summed E-state index contributed by atoms with van der Waals surface area (Å²) < 4.78 is 44.9. The van der Waals surface area contributed by atoms with Crippen molar-refractivity contribution in [2.24, 2.45) is 5.92 Å². The van der Waals surface area contributed by atoms with Crippen LogP contribution in [0.1, 0.15) is 26.5 Å². The lowest BCUT2D eigenvalue weighted by molar-refractivity contribution is -0.160. The molecule has 0 amide bonds. The molecule has 0 N–H and O–H groups in total. The van der Waals surface area contributed by atoms with Gasteiger partial charge in [0.05, 0.1) is 12.1 Å². The van der Waals surface area contributed by atoms with Gasteiger partial charge in [0.25, 0.3) is 0 Å². The molecule has 130 valence electrons. The normalized spacial score (nSPS) is 16.3. The Kier molecular flexibility index (Phi) is 3.69. The molecule has 2 aromatic heterocycles. The molecule has 0 radical (unpaired) electrons. The van der Waals surface area contributed by atoms with Crippen molar-refractivity contribution >= 4 is 17.4 Å². The van der Waals surface area contributed by atoms with E-state index in [4.69, 9.17) is 4.74 Å². The molecular weight excluding hydrogens is 325 g/mol. The van der Waals surface area contributed by atoms with Crippen molar-refractivity contribution in [3.8, 4) is 0 Å². The van der Waals surface area contributed by atoms with Crippen LogP contribution in [0.5, 0.6) is 0 Å². The summed E-state index contributed by atoms with van der Waals surface area (Å²) in [6.45, 7) is 6.09. The third-order valence-corrected chi connectivity index (χ3v) is 3.58. The van der Waals surface area contributed by atoms with Crippen molar-refractivity contribution in [2.45, 2.75) is 32.5 Å². The Bertz CT molecular complexity index is 773. The van der Waals surface area contributed by atoms with Crippen molar-refractivity contribution < 1.29 is 22.7 Å². The first-order valence-corrected chi connectivity index (χ1v) is 7.44. The van der Waals surface area contributed by atoms with E-state index in [0.29, 0.717) is 18.9 Å². The van der Waals surface area contributed by atoms with Crippen LogP contribution in [0.15, 0.2) is 18.3 Å². The second-order valence-electron chi connectivity index (χ2n) is 6.74. The van der Waals surface area contributed by atoms with E-state index < -0.39 is 17.5 Å². The van der Waals surface area contributed by atoms with E-state index in [1.807, 2.05) is 0 Å². The van der Waals surface area contributed by atoms with Crippen LogP contribution in [0.3, 0.4) is 0 Å². The lowest BCUT2D eigenvalue weighted by Crippen LogP contribution is -2.52. The van der Waals surface area contributed by atoms with E-state index >= 15 is 0 Å². The Morgan fingerprint density at radius 3 is 2.50 bits per heavy atom. The van der Waals surface area contributed by atoms with Crippen molar-refractivity contribution in [1.29, 1.82) is 0 Å². The molecule has 1 aliphatic heterocycles. The van der Waals surface area contributed by atoms with Crippen LogP contribution in [0, 0.1) is 5.92 Å². The molecule has 0 saturated carbocycles. The second kappa shape index (κ2) is 5.35. The number of hydrogen-bond donors (Lipinski definition) is 0. The molecule has 3 rings (SSSR count). The fourth-order valence-corrected chi connectivity index (χ4v) is 2.43. The van der Waals surface area contributed by atoms with Gasteiger partial charge in [0, 0.05) is 13.1 Å². The molecule has 0 spiro atoms. The maximum absolute atomic E-state index is 12.9. The molecule has 1 saturated heterocycles. The highest BCUT2D eigenvalue weighted by Gasteiger charge is 2.38. The molecule has 0 aromatic carbocycles. The number of carbonyl (C=O) groups is 1. The van der Waals surface area contributed by atoms with Crippen LogP contribution in [0.4, 0.5) is 19.0 Å². The van der Waals surface area contributed by atoms with Crippen LogP contribution < -0.4 is 4.90 Å². The number of rotatable bonds is 2. The Morgan fingerprint density at radius 1 is 1.25 bits per heavy atom. The monoisotopic (exact) mass is 342 g/mol. The summed E-state index contributed by atoms with van der Waals surface area (Å²) in [5.74, 6) is -0.240. The fourth-order valence-electron chi connectivity index (χ4n) is 2.43. The maximum atomic E-state index is 12.9. The first kappa shape index (κ1) is 16.5. The topological polar surface area (TPSA) is 59.7 Å². The average molecular weight is 342 g/mol. The SMILES string of the molecule is CC(C)(C)OC(=O)C1CN(c2ccc3ncc(C(F)(F)F)n3n2)C1. The lowest BCUT2D eigenvalue weighted by atomic mass is 10.00. The van der Waals surface area contributed by atoms with Gasteiger partial charge in [0.15, 0.2) is 11.3 Å². The number of hydrogen-bond acceptors (Lipinski definition) is 5. The third kappa shape index (κ3) is 3.15. The number of esters is 1. The highest BCUT2D eigenvalue weighted by Crippen LogP contribution is 2.31. The molecule has 24 heavy (non-hydrogen) atoms. The van der Waals surface area contributed by atoms with Gasteiger partial charge in [-0.2, -0.15) is 13.2 Å². The van der Waals surface area contributed by atoms with Gasteiger partial charge in [0.1, 0.15) is 11.4 Å². The average Bonchev–Trinajstić information content (AvgIpc) is 2.77. The molecule has 0 aliphatic carbocycles. The van der Waals surface area contributed by atoms with Crippen LogP contribution in [-0.4, -0.2) is 39.3 Å². The van der Waals surface area contributed by atoms with Crippen LogP contribution >= 0.6 is 0 Å². The van der Waals surface area contributed by atoms with Gasteiger partial charge >= 0.3 is 12.1 Å². The van der Waals surface area contributed by atoms with Crippen LogP contribution in [0.25, 0.3) is 5.65 Å². The first-order chi connectivity index (χ1) is 11.0. The van der Waals surface area contributed by atoms with E-state index in [1.165, 1.54) is 6.07 Å². The smallest absolute Gasteiger partial charge is 0.435 e. The molecule has 6 nitrogen and oxygen atoms in total. The molecule has 3 heterocycles. The standard InChI is InChI=1S/C15H17F3N4O2/c1-14(2,3)24-13(23)9-7-21(8-9)12-5-4-11-19-6-10(15(16,17)18)22(11)20-12/h4-6,9H,7-8H2,1-3H3. The summed E-state index contributed by atoms with van der Waals surface area (Å²) >= 11 is 0. The van der Waals surface area contributed by atoms with Gasteiger partial charge in [-0.15, -0.1) is 5.10 Å². The van der Waals surface area contributed by atoms with Crippen LogP contribution in [0.2, 0.25) is 0 Å². The molecule has 1 fully saturated rings. The summed E-state index contributed by atoms with van der Waals surface area (Å²) in [6, 6.07) is 3.06. The van der Waals surface area contributed by atoms with E-state index in [9.17, 15) is 18.0 Å². The number of ether oxygens (including phenoxy) is 1. The molecule has 0 atom stereocenters. The summed E-state index contributed by atoms with van der Waals surface area (Å²) in [4.78, 5) is 17.4.